The van der Waals surface area contributed by atoms with E-state index in [1.807, 2.05) is 56.5 Å². The first-order valence-corrected chi connectivity index (χ1v) is 9.95. The molecule has 1 aromatic carbocycles. The minimum absolute atomic E-state index is 0.00423. The first-order valence-electron chi connectivity index (χ1n) is 9.95. The molecule has 6 nitrogen and oxygen atoms in total. The Hall–Kier alpha value is -3.02. The molecule has 2 rings (SSSR count). The van der Waals surface area contributed by atoms with E-state index in [-0.39, 0.29) is 18.1 Å². The van der Waals surface area contributed by atoms with Crippen LogP contribution in [-0.2, 0) is 16.1 Å². The van der Waals surface area contributed by atoms with Gasteiger partial charge >= 0.3 is 0 Å². The summed E-state index contributed by atoms with van der Waals surface area (Å²) in [6.07, 6.45) is 6.38. The number of benzene rings is 1. The summed E-state index contributed by atoms with van der Waals surface area (Å²) in [5.74, 6) is 1.14. The minimum atomic E-state index is -0.462. The van der Waals surface area contributed by atoms with Gasteiger partial charge in [0.2, 0.25) is 0 Å². The number of fused-ring (bicyclic) bond motifs is 1. The summed E-state index contributed by atoms with van der Waals surface area (Å²) in [5, 5.41) is 0.818. The quantitative estimate of drug-likeness (QED) is 0.369. The van der Waals surface area contributed by atoms with Gasteiger partial charge in [-0.3, -0.25) is 9.59 Å². The minimum Gasteiger partial charge on any atom is -0.497 e. The molecule has 0 amide bonds. The number of carbonyl (C=O) groups is 2. The Morgan fingerprint density at radius 1 is 1.17 bits per heavy atom. The molecule has 30 heavy (non-hydrogen) atoms. The van der Waals surface area contributed by atoms with Crippen molar-refractivity contribution in [2.75, 3.05) is 14.2 Å². The van der Waals surface area contributed by atoms with Crippen LogP contribution < -0.4 is 10.5 Å². The molecule has 0 bridgehead atoms. The zero-order valence-electron chi connectivity index (χ0n) is 18.7. The largest absolute Gasteiger partial charge is 0.497 e. The van der Waals surface area contributed by atoms with E-state index in [2.05, 4.69) is 0 Å². The van der Waals surface area contributed by atoms with E-state index in [0.29, 0.717) is 30.0 Å². The van der Waals surface area contributed by atoms with E-state index in [1.54, 1.807) is 19.4 Å². The van der Waals surface area contributed by atoms with Crippen LogP contribution in [0.1, 0.15) is 50.9 Å². The van der Waals surface area contributed by atoms with Crippen molar-refractivity contribution >= 4 is 22.5 Å². The second-order valence-electron chi connectivity index (χ2n) is 8.42. The van der Waals surface area contributed by atoms with E-state index in [4.69, 9.17) is 15.2 Å². The van der Waals surface area contributed by atoms with E-state index < -0.39 is 5.41 Å². The van der Waals surface area contributed by atoms with Gasteiger partial charge in [0.25, 0.3) is 0 Å². The average Bonchev–Trinajstić information content (AvgIpc) is 3.04. The van der Waals surface area contributed by atoms with Gasteiger partial charge in [-0.25, -0.2) is 0 Å². The van der Waals surface area contributed by atoms with Crippen molar-refractivity contribution in [1.29, 1.82) is 0 Å². The zero-order valence-corrected chi connectivity index (χ0v) is 18.7. The molecule has 0 aliphatic heterocycles. The van der Waals surface area contributed by atoms with E-state index >= 15 is 0 Å². The molecular formula is C24H32N2O4. The van der Waals surface area contributed by atoms with E-state index in [0.717, 1.165) is 16.5 Å². The van der Waals surface area contributed by atoms with Crippen LogP contribution in [0.3, 0.4) is 0 Å². The van der Waals surface area contributed by atoms with Gasteiger partial charge in [-0.1, -0.05) is 32.4 Å². The molecule has 0 saturated carbocycles. The first-order chi connectivity index (χ1) is 14.1. The van der Waals surface area contributed by atoms with Crippen molar-refractivity contribution in [3.8, 4) is 5.75 Å². The van der Waals surface area contributed by atoms with Gasteiger partial charge in [0, 0.05) is 35.0 Å². The fourth-order valence-electron chi connectivity index (χ4n) is 3.02. The van der Waals surface area contributed by atoms with Crippen LogP contribution >= 0.6 is 0 Å². The molecule has 0 fully saturated rings. The van der Waals surface area contributed by atoms with Gasteiger partial charge in [0.15, 0.2) is 17.4 Å². The second kappa shape index (κ2) is 9.65. The lowest BCUT2D eigenvalue weighted by molar-refractivity contribution is -0.126. The summed E-state index contributed by atoms with van der Waals surface area (Å²) in [6, 6.07) is 5.57. The van der Waals surface area contributed by atoms with Crippen LogP contribution in [0.15, 0.2) is 48.0 Å². The summed E-state index contributed by atoms with van der Waals surface area (Å²) < 4.78 is 12.1. The van der Waals surface area contributed by atoms with Crippen molar-refractivity contribution in [3.63, 3.8) is 0 Å². The number of nitrogens with zero attached hydrogens (tertiary/aromatic N) is 1. The van der Waals surface area contributed by atoms with Gasteiger partial charge in [0.1, 0.15) is 5.75 Å². The zero-order chi connectivity index (χ0) is 22.5. The van der Waals surface area contributed by atoms with Crippen LogP contribution in [0.25, 0.3) is 10.9 Å². The van der Waals surface area contributed by atoms with E-state index in [9.17, 15) is 9.59 Å². The van der Waals surface area contributed by atoms with E-state index in [1.165, 1.54) is 7.11 Å². The molecule has 162 valence electrons. The lowest BCUT2D eigenvalue weighted by Crippen LogP contribution is -2.24. The molecule has 0 saturated heterocycles. The van der Waals surface area contributed by atoms with Gasteiger partial charge in [0.05, 0.1) is 26.3 Å². The van der Waals surface area contributed by atoms with Crippen molar-refractivity contribution in [3.05, 3.63) is 53.6 Å². The number of methoxy groups -OCH3 is 2. The number of carbonyl (C=O) groups excluding carboxylic acids is 2. The summed E-state index contributed by atoms with van der Waals surface area (Å²) in [6.45, 7) is 7.81. The highest BCUT2D eigenvalue weighted by Crippen LogP contribution is 2.28. The van der Waals surface area contributed by atoms with Gasteiger partial charge < -0.3 is 19.8 Å². The highest BCUT2D eigenvalue weighted by atomic mass is 16.5. The van der Waals surface area contributed by atoms with Crippen LogP contribution in [0.2, 0.25) is 0 Å². The number of aromatic nitrogens is 1. The highest BCUT2D eigenvalue weighted by Gasteiger charge is 2.23. The normalized spacial score (nSPS) is 12.9. The van der Waals surface area contributed by atoms with Crippen molar-refractivity contribution < 1.29 is 19.1 Å². The Kier molecular flexibility index (Phi) is 7.48. The summed E-state index contributed by atoms with van der Waals surface area (Å²) >= 11 is 0. The summed E-state index contributed by atoms with van der Waals surface area (Å²) in [5.41, 5.74) is 7.51. The third-order valence-corrected chi connectivity index (χ3v) is 5.00. The molecule has 1 heterocycles. The molecule has 0 atom stereocenters. The SMILES string of the molecule is CO/C(N)=C/C/C=C(\C)CC(=O)c1cn(CC(=O)C(C)(C)C)c2cc(OC)ccc12. The fraction of sp³-hybridized carbons (Fsp3) is 0.417. The second-order valence-corrected chi connectivity index (χ2v) is 8.42. The number of hydrogen-bond donors (Lipinski definition) is 1. The van der Waals surface area contributed by atoms with Gasteiger partial charge in [-0.2, -0.15) is 0 Å². The summed E-state index contributed by atoms with van der Waals surface area (Å²) in [7, 11) is 3.11. The lowest BCUT2D eigenvalue weighted by Gasteiger charge is -2.17. The monoisotopic (exact) mass is 412 g/mol. The van der Waals surface area contributed by atoms with Crippen LogP contribution in [0.4, 0.5) is 0 Å². The van der Waals surface area contributed by atoms with Crippen molar-refractivity contribution in [2.24, 2.45) is 11.1 Å². The predicted molar refractivity (Wildman–Crippen MR) is 120 cm³/mol. The lowest BCUT2D eigenvalue weighted by atomic mass is 9.91. The van der Waals surface area contributed by atoms with Gasteiger partial charge in [-0.05, 0) is 31.6 Å². The molecule has 1 aromatic heterocycles. The Bertz CT molecular complexity index is 991. The fourth-order valence-corrected chi connectivity index (χ4v) is 3.02. The standard InChI is InChI=1S/C24H32N2O4/c1-16(8-7-9-23(25)30-6)12-21(27)19-14-26(15-22(28)24(2,3)4)20-13-17(29-5)10-11-18(19)20/h8-11,13-14H,7,12,15,25H2,1-6H3/b16-8+,23-9+. The number of allylic oxidation sites excluding steroid dienone is 3. The maximum absolute atomic E-state index is 13.0. The predicted octanol–water partition coefficient (Wildman–Crippen LogP) is 4.62. The van der Waals surface area contributed by atoms with Crippen molar-refractivity contribution in [1.82, 2.24) is 4.57 Å². The number of nitrogens with two attached hydrogens (primary N) is 1. The maximum atomic E-state index is 13.0. The van der Waals surface area contributed by atoms with Gasteiger partial charge in [-0.15, -0.1) is 0 Å². The molecule has 2 aromatic rings. The number of ketones is 2. The summed E-state index contributed by atoms with van der Waals surface area (Å²) in [4.78, 5) is 25.7. The Labute approximate surface area is 178 Å². The third-order valence-electron chi connectivity index (χ3n) is 5.00. The Morgan fingerprint density at radius 2 is 1.87 bits per heavy atom. The Balaban J connectivity index is 2.35. The van der Waals surface area contributed by atoms with Crippen LogP contribution in [0.5, 0.6) is 5.75 Å². The average molecular weight is 413 g/mol. The first kappa shape index (κ1) is 23.3. The Morgan fingerprint density at radius 3 is 2.47 bits per heavy atom. The topological polar surface area (TPSA) is 83.5 Å². The smallest absolute Gasteiger partial charge is 0.179 e. The molecule has 0 unspecified atom stereocenters. The van der Waals surface area contributed by atoms with Crippen LogP contribution in [-0.4, -0.2) is 30.4 Å². The molecule has 0 spiro atoms. The third kappa shape index (κ3) is 5.75. The highest BCUT2D eigenvalue weighted by molar-refractivity contribution is 6.09. The number of ether oxygens (including phenoxy) is 2. The van der Waals surface area contributed by atoms with Crippen molar-refractivity contribution in [2.45, 2.75) is 47.1 Å². The number of hydrogen-bond acceptors (Lipinski definition) is 5. The molecule has 0 aliphatic carbocycles. The molecule has 0 radical (unpaired) electrons. The molecule has 0 aliphatic rings. The number of rotatable bonds is 9. The molecule has 6 heteroatoms. The molecular weight excluding hydrogens is 380 g/mol. The maximum Gasteiger partial charge on any atom is 0.179 e. The molecule has 2 N–H and O–H groups in total. The number of Topliss-reactive ketones (excluding diaryl/α,β-unsaturated/α-hetero) is 2. The van der Waals surface area contributed by atoms with Crippen LogP contribution in [0, 0.1) is 5.41 Å².